The Morgan fingerprint density at radius 2 is 2.16 bits per heavy atom. The Hall–Kier alpha value is -2.31. The summed E-state index contributed by atoms with van der Waals surface area (Å²) in [6.45, 7) is 2.23. The van der Waals surface area contributed by atoms with Crippen LogP contribution < -0.4 is 16.0 Å². The minimum Gasteiger partial charge on any atom is -0.398 e. The molecule has 3 N–H and O–H groups in total. The van der Waals surface area contributed by atoms with Crippen molar-refractivity contribution in [2.24, 2.45) is 5.92 Å². The molecule has 0 fully saturated rings. The van der Waals surface area contributed by atoms with Crippen molar-refractivity contribution in [1.29, 1.82) is 0 Å². The number of hydrogen-bond acceptors (Lipinski definition) is 5. The zero-order chi connectivity index (χ0) is 14.6. The Kier molecular flexibility index (Phi) is 4.68. The van der Waals surface area contributed by atoms with Crippen molar-refractivity contribution in [2.45, 2.75) is 6.92 Å². The number of carbonyl (C=O) groups excluding carboxylic acids is 1. The Morgan fingerprint density at radius 1 is 1.53 bits per heavy atom. The molecule has 0 radical (unpaired) electrons. The number of non-ortho nitro benzene ring substituents is 1. The summed E-state index contributed by atoms with van der Waals surface area (Å²) in [5, 5.41) is 13.3. The van der Waals surface area contributed by atoms with E-state index >= 15 is 0 Å². The molecule has 0 saturated heterocycles. The molecule has 0 aromatic heterocycles. The molecule has 0 saturated carbocycles. The van der Waals surface area contributed by atoms with E-state index in [-0.39, 0.29) is 17.5 Å². The lowest BCUT2D eigenvalue weighted by atomic mass is 10.1. The molecule has 1 atom stereocenters. The third-order valence-electron chi connectivity index (χ3n) is 2.82. The third kappa shape index (κ3) is 3.84. The Balaban J connectivity index is 2.90. The summed E-state index contributed by atoms with van der Waals surface area (Å²) in [7, 11) is 3.34. The van der Waals surface area contributed by atoms with E-state index in [0.29, 0.717) is 17.9 Å². The summed E-state index contributed by atoms with van der Waals surface area (Å²) in [5.74, 6) is -0.305. The first kappa shape index (κ1) is 14.7. The molecule has 0 spiro atoms. The molecule has 19 heavy (non-hydrogen) atoms. The zero-order valence-corrected chi connectivity index (χ0v) is 11.2. The van der Waals surface area contributed by atoms with Gasteiger partial charge in [0, 0.05) is 44.1 Å². The van der Waals surface area contributed by atoms with Crippen molar-refractivity contribution >= 4 is 23.0 Å². The molecule has 0 bridgehead atoms. The number of nitrogen functional groups attached to an aromatic ring is 1. The van der Waals surface area contributed by atoms with Gasteiger partial charge in [-0.25, -0.2) is 0 Å². The normalized spacial score (nSPS) is 11.7. The fourth-order valence-corrected chi connectivity index (χ4v) is 1.79. The molecule has 7 heteroatoms. The number of anilines is 2. The number of nitrogens with zero attached hydrogens (tertiary/aromatic N) is 2. The van der Waals surface area contributed by atoms with Crippen LogP contribution in [0.3, 0.4) is 0 Å². The lowest BCUT2D eigenvalue weighted by Gasteiger charge is -2.22. The molecule has 0 aliphatic rings. The summed E-state index contributed by atoms with van der Waals surface area (Å²) in [4.78, 5) is 23.5. The van der Waals surface area contributed by atoms with Gasteiger partial charge >= 0.3 is 0 Å². The van der Waals surface area contributed by atoms with Gasteiger partial charge in [0.25, 0.3) is 5.69 Å². The van der Waals surface area contributed by atoms with E-state index in [1.54, 1.807) is 32.0 Å². The second kappa shape index (κ2) is 6.03. The molecule has 1 rings (SSSR count). The quantitative estimate of drug-likeness (QED) is 0.470. The number of hydrogen-bond donors (Lipinski definition) is 2. The van der Waals surface area contributed by atoms with Crippen molar-refractivity contribution in [1.82, 2.24) is 5.32 Å². The first-order valence-electron chi connectivity index (χ1n) is 5.82. The van der Waals surface area contributed by atoms with Gasteiger partial charge in [0.1, 0.15) is 0 Å². The van der Waals surface area contributed by atoms with E-state index in [0.717, 1.165) is 0 Å². The summed E-state index contributed by atoms with van der Waals surface area (Å²) in [6.07, 6.45) is 0. The first-order chi connectivity index (χ1) is 8.85. The highest BCUT2D eigenvalue weighted by molar-refractivity contribution is 5.78. The molecule has 1 amide bonds. The van der Waals surface area contributed by atoms with Gasteiger partial charge in [-0.3, -0.25) is 14.9 Å². The van der Waals surface area contributed by atoms with E-state index < -0.39 is 4.92 Å². The van der Waals surface area contributed by atoms with Gasteiger partial charge in [0.2, 0.25) is 5.91 Å². The van der Waals surface area contributed by atoms with Crippen molar-refractivity contribution < 1.29 is 9.72 Å². The van der Waals surface area contributed by atoms with Crippen LogP contribution in [0.25, 0.3) is 0 Å². The largest absolute Gasteiger partial charge is 0.398 e. The van der Waals surface area contributed by atoms with Crippen LogP contribution in [-0.2, 0) is 4.79 Å². The maximum Gasteiger partial charge on any atom is 0.273 e. The van der Waals surface area contributed by atoms with Crippen LogP contribution in [0.4, 0.5) is 17.1 Å². The fraction of sp³-hybridized carbons (Fsp3) is 0.417. The van der Waals surface area contributed by atoms with Crippen LogP contribution in [-0.4, -0.2) is 31.5 Å². The molecular formula is C12H18N4O3. The van der Waals surface area contributed by atoms with E-state index in [1.165, 1.54) is 12.1 Å². The van der Waals surface area contributed by atoms with Gasteiger partial charge in [-0.2, -0.15) is 0 Å². The van der Waals surface area contributed by atoms with E-state index in [4.69, 9.17) is 5.73 Å². The highest BCUT2D eigenvalue weighted by Gasteiger charge is 2.16. The van der Waals surface area contributed by atoms with Gasteiger partial charge in [-0.05, 0) is 6.07 Å². The summed E-state index contributed by atoms with van der Waals surface area (Å²) in [5.41, 5.74) is 6.52. The maximum atomic E-state index is 11.4. The van der Waals surface area contributed by atoms with Crippen molar-refractivity contribution in [3.05, 3.63) is 28.3 Å². The average Bonchev–Trinajstić information content (AvgIpc) is 2.36. The van der Waals surface area contributed by atoms with Gasteiger partial charge < -0.3 is 16.0 Å². The minimum absolute atomic E-state index is 0.0607. The molecule has 1 unspecified atom stereocenters. The van der Waals surface area contributed by atoms with Crippen LogP contribution in [0.15, 0.2) is 18.2 Å². The standard InChI is InChI=1S/C12H18N4O3/c1-8(12(17)14-2)7-15(3)10-4-9(13)5-11(6-10)16(18)19/h4-6,8H,7,13H2,1-3H3,(H,14,17). The lowest BCUT2D eigenvalue weighted by Crippen LogP contribution is -2.34. The van der Waals surface area contributed by atoms with E-state index in [1.807, 2.05) is 0 Å². The highest BCUT2D eigenvalue weighted by Crippen LogP contribution is 2.25. The monoisotopic (exact) mass is 266 g/mol. The van der Waals surface area contributed by atoms with Crippen molar-refractivity contribution in [3.8, 4) is 0 Å². The molecule has 0 aliphatic heterocycles. The van der Waals surface area contributed by atoms with Crippen LogP contribution in [0, 0.1) is 16.0 Å². The summed E-state index contributed by atoms with van der Waals surface area (Å²) in [6, 6.07) is 4.38. The topological polar surface area (TPSA) is 102 Å². The Labute approximate surface area is 111 Å². The second-order valence-electron chi connectivity index (χ2n) is 4.44. The predicted octanol–water partition coefficient (Wildman–Crippen LogP) is 0.995. The number of nitro benzene ring substituents is 1. The van der Waals surface area contributed by atoms with Gasteiger partial charge in [-0.15, -0.1) is 0 Å². The molecule has 0 heterocycles. The zero-order valence-electron chi connectivity index (χ0n) is 11.2. The summed E-state index contributed by atoms with van der Waals surface area (Å²) < 4.78 is 0. The summed E-state index contributed by atoms with van der Waals surface area (Å²) >= 11 is 0. The first-order valence-corrected chi connectivity index (χ1v) is 5.82. The SMILES string of the molecule is CNC(=O)C(C)CN(C)c1cc(N)cc([N+](=O)[O-])c1. The third-order valence-corrected chi connectivity index (χ3v) is 2.82. The Bertz CT molecular complexity index is 490. The molecule has 1 aromatic rings. The number of rotatable bonds is 5. The smallest absolute Gasteiger partial charge is 0.273 e. The number of amides is 1. The fourth-order valence-electron chi connectivity index (χ4n) is 1.79. The number of nitro groups is 1. The van der Waals surface area contributed by atoms with Crippen LogP contribution in [0.2, 0.25) is 0 Å². The van der Waals surface area contributed by atoms with Gasteiger partial charge in [0.15, 0.2) is 0 Å². The van der Waals surface area contributed by atoms with Crippen LogP contribution in [0.1, 0.15) is 6.92 Å². The Morgan fingerprint density at radius 3 is 2.68 bits per heavy atom. The van der Waals surface area contributed by atoms with E-state index in [2.05, 4.69) is 5.32 Å². The van der Waals surface area contributed by atoms with Crippen molar-refractivity contribution in [2.75, 3.05) is 31.3 Å². The molecule has 1 aromatic carbocycles. The van der Waals surface area contributed by atoms with Crippen molar-refractivity contribution in [3.63, 3.8) is 0 Å². The van der Waals surface area contributed by atoms with Crippen LogP contribution >= 0.6 is 0 Å². The molecular weight excluding hydrogens is 248 g/mol. The molecule has 7 nitrogen and oxygen atoms in total. The highest BCUT2D eigenvalue weighted by atomic mass is 16.6. The number of carbonyl (C=O) groups is 1. The number of nitrogens with two attached hydrogens (primary N) is 1. The number of nitrogens with one attached hydrogen (secondary N) is 1. The van der Waals surface area contributed by atoms with E-state index in [9.17, 15) is 14.9 Å². The maximum absolute atomic E-state index is 11.4. The number of benzene rings is 1. The molecule has 104 valence electrons. The average molecular weight is 266 g/mol. The molecule has 0 aliphatic carbocycles. The lowest BCUT2D eigenvalue weighted by molar-refractivity contribution is -0.384. The predicted molar refractivity (Wildman–Crippen MR) is 74.0 cm³/mol. The van der Waals surface area contributed by atoms with Gasteiger partial charge in [0.05, 0.1) is 10.8 Å². The van der Waals surface area contributed by atoms with Crippen LogP contribution in [0.5, 0.6) is 0 Å². The van der Waals surface area contributed by atoms with Gasteiger partial charge in [-0.1, -0.05) is 6.92 Å². The second-order valence-corrected chi connectivity index (χ2v) is 4.44. The minimum atomic E-state index is -0.490.